The van der Waals surface area contributed by atoms with E-state index in [9.17, 15) is 4.79 Å². The quantitative estimate of drug-likeness (QED) is 0.833. The van der Waals surface area contributed by atoms with Crippen molar-refractivity contribution in [2.24, 2.45) is 17.3 Å². The average molecular weight is 268 g/mol. The molecule has 19 heavy (non-hydrogen) atoms. The van der Waals surface area contributed by atoms with Crippen molar-refractivity contribution < 1.29 is 9.63 Å². The van der Waals surface area contributed by atoms with E-state index in [1.54, 1.807) is 0 Å². The van der Waals surface area contributed by atoms with Crippen LogP contribution in [0.4, 0.5) is 0 Å². The SMILES string of the molecule is CC(C)(C)C(=O)ON1CCC(C2CCNCC2)CC1. The fraction of sp³-hybridized carbons (Fsp3) is 0.933. The van der Waals surface area contributed by atoms with Crippen molar-refractivity contribution in [3.8, 4) is 0 Å². The molecule has 2 aliphatic rings. The van der Waals surface area contributed by atoms with Crippen molar-refractivity contribution in [1.82, 2.24) is 10.4 Å². The number of nitrogens with one attached hydrogen (secondary N) is 1. The van der Waals surface area contributed by atoms with Crippen LogP contribution in [0.1, 0.15) is 46.5 Å². The molecule has 0 unspecified atom stereocenters. The normalized spacial score (nSPS) is 24.4. The first kappa shape index (κ1) is 14.8. The van der Waals surface area contributed by atoms with E-state index in [0.29, 0.717) is 0 Å². The highest BCUT2D eigenvalue weighted by Gasteiger charge is 2.31. The number of carbonyl (C=O) groups is 1. The van der Waals surface area contributed by atoms with E-state index >= 15 is 0 Å². The van der Waals surface area contributed by atoms with E-state index in [1.807, 2.05) is 25.8 Å². The first-order chi connectivity index (χ1) is 8.97. The standard InChI is InChI=1S/C15H28N2O2/c1-15(2,3)14(18)19-17-10-6-13(7-11-17)12-4-8-16-9-5-12/h12-13,16H,4-11H2,1-3H3. The zero-order valence-electron chi connectivity index (χ0n) is 12.6. The third kappa shape index (κ3) is 4.18. The molecule has 2 fully saturated rings. The van der Waals surface area contributed by atoms with Crippen LogP contribution < -0.4 is 5.32 Å². The smallest absolute Gasteiger partial charge is 0.330 e. The summed E-state index contributed by atoms with van der Waals surface area (Å²) in [5.41, 5.74) is -0.411. The van der Waals surface area contributed by atoms with E-state index in [-0.39, 0.29) is 5.97 Å². The topological polar surface area (TPSA) is 41.6 Å². The highest BCUT2D eigenvalue weighted by molar-refractivity contribution is 5.75. The molecule has 2 saturated heterocycles. The average Bonchev–Trinajstić information content (AvgIpc) is 2.39. The molecule has 2 rings (SSSR count). The van der Waals surface area contributed by atoms with Gasteiger partial charge >= 0.3 is 5.97 Å². The molecule has 4 heteroatoms. The van der Waals surface area contributed by atoms with Gasteiger partial charge in [-0.2, -0.15) is 0 Å². The van der Waals surface area contributed by atoms with Crippen LogP contribution in [0, 0.1) is 17.3 Å². The second-order valence-electron chi connectivity index (χ2n) is 6.98. The Kier molecular flexibility index (Phi) is 4.85. The second kappa shape index (κ2) is 6.23. The number of hydrogen-bond acceptors (Lipinski definition) is 4. The largest absolute Gasteiger partial charge is 0.367 e. The maximum atomic E-state index is 11.8. The molecule has 0 atom stereocenters. The highest BCUT2D eigenvalue weighted by atomic mass is 16.7. The minimum absolute atomic E-state index is 0.118. The van der Waals surface area contributed by atoms with Gasteiger partial charge in [0.25, 0.3) is 0 Å². The third-order valence-corrected chi connectivity index (χ3v) is 4.37. The maximum absolute atomic E-state index is 11.8. The van der Waals surface area contributed by atoms with E-state index in [2.05, 4.69) is 5.32 Å². The van der Waals surface area contributed by atoms with Crippen molar-refractivity contribution in [1.29, 1.82) is 0 Å². The lowest BCUT2D eigenvalue weighted by molar-refractivity contribution is -0.207. The Morgan fingerprint density at radius 3 is 2.11 bits per heavy atom. The molecule has 0 aromatic rings. The van der Waals surface area contributed by atoms with Crippen molar-refractivity contribution in [2.45, 2.75) is 46.5 Å². The molecule has 1 N–H and O–H groups in total. The lowest BCUT2D eigenvalue weighted by atomic mass is 9.79. The molecular weight excluding hydrogens is 240 g/mol. The van der Waals surface area contributed by atoms with Crippen LogP contribution in [-0.2, 0) is 9.63 Å². The van der Waals surface area contributed by atoms with Gasteiger partial charge in [0.15, 0.2) is 0 Å². The molecule has 0 radical (unpaired) electrons. The van der Waals surface area contributed by atoms with Gasteiger partial charge in [-0.1, -0.05) is 0 Å². The first-order valence-corrected chi connectivity index (χ1v) is 7.65. The molecule has 2 aliphatic heterocycles. The Morgan fingerprint density at radius 1 is 1.05 bits per heavy atom. The molecular formula is C15H28N2O2. The molecule has 0 aromatic heterocycles. The molecule has 0 aliphatic carbocycles. The zero-order valence-corrected chi connectivity index (χ0v) is 12.6. The van der Waals surface area contributed by atoms with Crippen molar-refractivity contribution in [3.05, 3.63) is 0 Å². The van der Waals surface area contributed by atoms with E-state index in [4.69, 9.17) is 4.84 Å². The Morgan fingerprint density at radius 2 is 1.58 bits per heavy atom. The molecule has 0 bridgehead atoms. The summed E-state index contributed by atoms with van der Waals surface area (Å²) >= 11 is 0. The van der Waals surface area contributed by atoms with Gasteiger partial charge in [-0.05, 0) is 71.4 Å². The van der Waals surface area contributed by atoms with Crippen LogP contribution in [0.2, 0.25) is 0 Å². The van der Waals surface area contributed by atoms with Gasteiger partial charge in [0.2, 0.25) is 0 Å². The lowest BCUT2D eigenvalue weighted by Gasteiger charge is -2.37. The predicted octanol–water partition coefficient (Wildman–Crippen LogP) is 2.20. The number of piperidine rings is 2. The van der Waals surface area contributed by atoms with Gasteiger partial charge < -0.3 is 10.2 Å². The van der Waals surface area contributed by atoms with E-state index in [0.717, 1.165) is 24.9 Å². The maximum Gasteiger partial charge on any atom is 0.330 e. The van der Waals surface area contributed by atoms with Crippen LogP contribution in [0.3, 0.4) is 0 Å². The lowest BCUT2D eigenvalue weighted by Crippen LogP contribution is -2.41. The van der Waals surface area contributed by atoms with Crippen molar-refractivity contribution in [3.63, 3.8) is 0 Å². The van der Waals surface area contributed by atoms with Gasteiger partial charge in [0.1, 0.15) is 0 Å². The van der Waals surface area contributed by atoms with Gasteiger partial charge in [-0.3, -0.25) is 0 Å². The fourth-order valence-electron chi connectivity index (χ4n) is 3.01. The van der Waals surface area contributed by atoms with Crippen molar-refractivity contribution in [2.75, 3.05) is 26.2 Å². The molecule has 2 heterocycles. The Hall–Kier alpha value is -0.610. The molecule has 0 aromatic carbocycles. The predicted molar refractivity (Wildman–Crippen MR) is 75.4 cm³/mol. The Balaban J connectivity index is 1.74. The number of hydroxylamine groups is 2. The zero-order chi connectivity index (χ0) is 13.9. The van der Waals surface area contributed by atoms with E-state index < -0.39 is 5.41 Å². The summed E-state index contributed by atoms with van der Waals surface area (Å²) in [4.78, 5) is 17.3. The summed E-state index contributed by atoms with van der Waals surface area (Å²) in [6.45, 7) is 9.84. The molecule has 0 spiro atoms. The monoisotopic (exact) mass is 268 g/mol. The summed E-state index contributed by atoms with van der Waals surface area (Å²) in [5, 5.41) is 5.29. The summed E-state index contributed by atoms with van der Waals surface area (Å²) in [6.07, 6.45) is 4.96. The summed E-state index contributed by atoms with van der Waals surface area (Å²) in [5.74, 6) is 1.58. The summed E-state index contributed by atoms with van der Waals surface area (Å²) in [7, 11) is 0. The summed E-state index contributed by atoms with van der Waals surface area (Å²) in [6, 6.07) is 0. The van der Waals surface area contributed by atoms with Gasteiger partial charge in [0.05, 0.1) is 5.41 Å². The molecule has 4 nitrogen and oxygen atoms in total. The number of hydrogen-bond donors (Lipinski definition) is 1. The van der Waals surface area contributed by atoms with Crippen LogP contribution in [-0.4, -0.2) is 37.2 Å². The number of carbonyl (C=O) groups excluding carboxylic acids is 1. The highest BCUT2D eigenvalue weighted by Crippen LogP contribution is 2.31. The second-order valence-corrected chi connectivity index (χ2v) is 6.98. The van der Waals surface area contributed by atoms with Crippen LogP contribution in [0.15, 0.2) is 0 Å². The van der Waals surface area contributed by atoms with Gasteiger partial charge in [-0.25, -0.2) is 4.79 Å². The number of nitrogens with zero attached hydrogens (tertiary/aromatic N) is 1. The Bertz CT molecular complexity index is 298. The van der Waals surface area contributed by atoms with Gasteiger partial charge in [0, 0.05) is 13.1 Å². The van der Waals surface area contributed by atoms with Crippen LogP contribution in [0.5, 0.6) is 0 Å². The fourth-order valence-corrected chi connectivity index (χ4v) is 3.01. The van der Waals surface area contributed by atoms with Gasteiger partial charge in [-0.15, -0.1) is 5.06 Å². The molecule has 0 saturated carbocycles. The number of rotatable bonds is 2. The summed E-state index contributed by atoms with van der Waals surface area (Å²) < 4.78 is 0. The van der Waals surface area contributed by atoms with Crippen LogP contribution in [0.25, 0.3) is 0 Å². The third-order valence-electron chi connectivity index (χ3n) is 4.37. The minimum Gasteiger partial charge on any atom is -0.367 e. The van der Waals surface area contributed by atoms with E-state index in [1.165, 1.54) is 38.8 Å². The first-order valence-electron chi connectivity index (χ1n) is 7.65. The minimum atomic E-state index is -0.411. The van der Waals surface area contributed by atoms with Crippen molar-refractivity contribution >= 4 is 5.97 Å². The molecule has 110 valence electrons. The molecule has 0 amide bonds. The Labute approximate surface area is 116 Å². The van der Waals surface area contributed by atoms with Crippen LogP contribution >= 0.6 is 0 Å².